The highest BCUT2D eigenvalue weighted by molar-refractivity contribution is 9.10. The van der Waals surface area contributed by atoms with Gasteiger partial charge in [-0.1, -0.05) is 28.1 Å². The predicted octanol–water partition coefficient (Wildman–Crippen LogP) is 3.37. The average Bonchev–Trinajstić information content (AvgIpc) is 2.41. The Morgan fingerprint density at radius 2 is 2.15 bits per heavy atom. The number of aromatic nitrogens is 1. The molecule has 0 saturated heterocycles. The van der Waals surface area contributed by atoms with Crippen LogP contribution in [-0.2, 0) is 13.0 Å². The number of nitrogens with zero attached hydrogens (tertiary/aromatic N) is 2. The smallest absolute Gasteiger partial charge is 0.0441 e. The fourth-order valence-electron chi connectivity index (χ4n) is 2.14. The number of hydrogen-bond acceptors (Lipinski definition) is 3. The highest BCUT2D eigenvalue weighted by Gasteiger charge is 2.07. The van der Waals surface area contributed by atoms with Gasteiger partial charge in [0.2, 0.25) is 0 Å². The van der Waals surface area contributed by atoms with Crippen LogP contribution in [0.15, 0.2) is 47.2 Å². The minimum atomic E-state index is 0.172. The van der Waals surface area contributed by atoms with Gasteiger partial charge in [-0.2, -0.15) is 0 Å². The summed E-state index contributed by atoms with van der Waals surface area (Å²) in [5.74, 6) is 0. The van der Waals surface area contributed by atoms with Crippen LogP contribution in [0.3, 0.4) is 0 Å². The van der Waals surface area contributed by atoms with Crippen molar-refractivity contribution in [3.63, 3.8) is 0 Å². The molecule has 4 heteroatoms. The van der Waals surface area contributed by atoms with E-state index in [1.165, 1.54) is 16.8 Å². The van der Waals surface area contributed by atoms with Crippen molar-refractivity contribution in [2.45, 2.75) is 25.9 Å². The molecule has 20 heavy (non-hydrogen) atoms. The van der Waals surface area contributed by atoms with Crippen LogP contribution in [0, 0.1) is 0 Å². The van der Waals surface area contributed by atoms with E-state index in [-0.39, 0.29) is 6.04 Å². The van der Waals surface area contributed by atoms with Gasteiger partial charge in [-0.25, -0.2) is 0 Å². The van der Waals surface area contributed by atoms with Crippen LogP contribution in [-0.4, -0.2) is 18.1 Å². The number of rotatable bonds is 5. The van der Waals surface area contributed by atoms with E-state index in [1.54, 1.807) is 6.20 Å². The molecular formula is C16H20BrN3. The lowest BCUT2D eigenvalue weighted by Crippen LogP contribution is -2.19. The van der Waals surface area contributed by atoms with Gasteiger partial charge in [-0.3, -0.25) is 4.98 Å². The molecule has 106 valence electrons. The molecule has 0 bridgehead atoms. The van der Waals surface area contributed by atoms with Crippen LogP contribution < -0.4 is 10.6 Å². The van der Waals surface area contributed by atoms with Crippen LogP contribution in [0.1, 0.15) is 18.1 Å². The molecule has 3 nitrogen and oxygen atoms in total. The molecule has 1 aromatic heterocycles. The molecule has 1 aromatic carbocycles. The van der Waals surface area contributed by atoms with Crippen molar-refractivity contribution in [3.8, 4) is 0 Å². The Kier molecular flexibility index (Phi) is 5.15. The first-order chi connectivity index (χ1) is 9.56. The molecule has 2 N–H and O–H groups in total. The largest absolute Gasteiger partial charge is 0.370 e. The Hall–Kier alpha value is -1.39. The SMILES string of the molecule is CC(N)Cc1ccc(N(C)Cc2cccnc2)cc1Br. The van der Waals surface area contributed by atoms with Crippen molar-refractivity contribution in [1.29, 1.82) is 0 Å². The van der Waals surface area contributed by atoms with Gasteiger partial charge in [0.05, 0.1) is 0 Å². The molecule has 0 aliphatic rings. The van der Waals surface area contributed by atoms with Gasteiger partial charge in [0, 0.05) is 42.2 Å². The molecule has 0 saturated carbocycles. The Morgan fingerprint density at radius 3 is 2.75 bits per heavy atom. The van der Waals surface area contributed by atoms with Gasteiger partial charge in [-0.15, -0.1) is 0 Å². The molecule has 0 radical (unpaired) electrons. The van der Waals surface area contributed by atoms with Gasteiger partial charge < -0.3 is 10.6 Å². The monoisotopic (exact) mass is 333 g/mol. The second kappa shape index (κ2) is 6.86. The molecule has 2 aromatic rings. The molecule has 1 unspecified atom stereocenters. The maximum Gasteiger partial charge on any atom is 0.0441 e. The average molecular weight is 334 g/mol. The summed E-state index contributed by atoms with van der Waals surface area (Å²) in [4.78, 5) is 6.35. The topological polar surface area (TPSA) is 42.1 Å². The first kappa shape index (κ1) is 15.0. The second-order valence-corrected chi connectivity index (χ2v) is 6.03. The maximum absolute atomic E-state index is 5.86. The maximum atomic E-state index is 5.86. The fourth-order valence-corrected chi connectivity index (χ4v) is 2.67. The van der Waals surface area contributed by atoms with E-state index >= 15 is 0 Å². The van der Waals surface area contributed by atoms with E-state index in [1.807, 2.05) is 19.2 Å². The predicted molar refractivity (Wildman–Crippen MR) is 87.8 cm³/mol. The number of halogens is 1. The number of nitrogens with two attached hydrogens (primary N) is 1. The molecular weight excluding hydrogens is 314 g/mol. The van der Waals surface area contributed by atoms with Gasteiger partial charge in [0.1, 0.15) is 0 Å². The summed E-state index contributed by atoms with van der Waals surface area (Å²) in [6.07, 6.45) is 4.58. The summed E-state index contributed by atoms with van der Waals surface area (Å²) in [5.41, 5.74) is 9.48. The van der Waals surface area contributed by atoms with Gasteiger partial charge in [-0.05, 0) is 42.7 Å². The lowest BCUT2D eigenvalue weighted by molar-refractivity contribution is 0.736. The van der Waals surface area contributed by atoms with Gasteiger partial charge in [0.25, 0.3) is 0 Å². The Labute approximate surface area is 129 Å². The quantitative estimate of drug-likeness (QED) is 0.912. The molecule has 0 amide bonds. The van der Waals surface area contributed by atoms with E-state index in [0.717, 1.165) is 17.4 Å². The van der Waals surface area contributed by atoms with Crippen molar-refractivity contribution in [1.82, 2.24) is 4.98 Å². The summed E-state index contributed by atoms with van der Waals surface area (Å²) in [5, 5.41) is 0. The molecule has 0 spiro atoms. The number of benzene rings is 1. The molecule has 1 heterocycles. The van der Waals surface area contributed by atoms with Gasteiger partial charge in [0.15, 0.2) is 0 Å². The summed E-state index contributed by atoms with van der Waals surface area (Å²) in [6.45, 7) is 2.86. The standard InChI is InChI=1S/C16H20BrN3/c1-12(18)8-14-5-6-15(9-16(14)17)20(2)11-13-4-3-7-19-10-13/h3-7,9-10,12H,8,11,18H2,1-2H3. The number of hydrogen-bond donors (Lipinski definition) is 1. The van der Waals surface area contributed by atoms with Crippen LogP contribution in [0.2, 0.25) is 0 Å². The normalized spacial score (nSPS) is 12.2. The Balaban J connectivity index is 2.11. The van der Waals surface area contributed by atoms with E-state index in [0.29, 0.717) is 0 Å². The fraction of sp³-hybridized carbons (Fsp3) is 0.312. The van der Waals surface area contributed by atoms with Crippen molar-refractivity contribution in [2.75, 3.05) is 11.9 Å². The molecule has 0 fully saturated rings. The lowest BCUT2D eigenvalue weighted by atomic mass is 10.1. The Bertz CT molecular complexity index is 555. The third-order valence-corrected chi connectivity index (χ3v) is 3.90. The third-order valence-electron chi connectivity index (χ3n) is 3.16. The number of anilines is 1. The summed E-state index contributed by atoms with van der Waals surface area (Å²) in [6, 6.07) is 10.6. The minimum Gasteiger partial charge on any atom is -0.370 e. The van der Waals surface area contributed by atoms with E-state index in [4.69, 9.17) is 5.73 Å². The third kappa shape index (κ3) is 4.05. The first-order valence-electron chi connectivity index (χ1n) is 6.70. The highest BCUT2D eigenvalue weighted by Crippen LogP contribution is 2.25. The van der Waals surface area contributed by atoms with Crippen molar-refractivity contribution < 1.29 is 0 Å². The molecule has 2 rings (SSSR count). The van der Waals surface area contributed by atoms with Crippen LogP contribution >= 0.6 is 15.9 Å². The first-order valence-corrected chi connectivity index (χ1v) is 7.49. The number of pyridine rings is 1. The summed E-state index contributed by atoms with van der Waals surface area (Å²) >= 11 is 3.63. The van der Waals surface area contributed by atoms with E-state index in [9.17, 15) is 0 Å². The zero-order chi connectivity index (χ0) is 14.5. The Morgan fingerprint density at radius 1 is 1.35 bits per heavy atom. The van der Waals surface area contributed by atoms with Gasteiger partial charge >= 0.3 is 0 Å². The summed E-state index contributed by atoms with van der Waals surface area (Å²) < 4.78 is 1.12. The zero-order valence-corrected chi connectivity index (χ0v) is 13.5. The summed E-state index contributed by atoms with van der Waals surface area (Å²) in [7, 11) is 2.08. The molecule has 1 atom stereocenters. The van der Waals surface area contributed by atoms with Crippen molar-refractivity contribution in [2.24, 2.45) is 5.73 Å². The van der Waals surface area contributed by atoms with Crippen molar-refractivity contribution in [3.05, 3.63) is 58.3 Å². The van der Waals surface area contributed by atoms with E-state index < -0.39 is 0 Å². The minimum absolute atomic E-state index is 0.172. The van der Waals surface area contributed by atoms with E-state index in [2.05, 4.69) is 57.1 Å². The molecule has 0 aliphatic heterocycles. The van der Waals surface area contributed by atoms with Crippen LogP contribution in [0.25, 0.3) is 0 Å². The zero-order valence-electron chi connectivity index (χ0n) is 11.9. The van der Waals surface area contributed by atoms with Crippen LogP contribution in [0.4, 0.5) is 5.69 Å². The van der Waals surface area contributed by atoms with Crippen LogP contribution in [0.5, 0.6) is 0 Å². The highest BCUT2D eigenvalue weighted by atomic mass is 79.9. The van der Waals surface area contributed by atoms with Crippen molar-refractivity contribution >= 4 is 21.6 Å². The molecule has 0 aliphatic carbocycles. The second-order valence-electron chi connectivity index (χ2n) is 5.17. The lowest BCUT2D eigenvalue weighted by Gasteiger charge is -2.20.